The van der Waals surface area contributed by atoms with Gasteiger partial charge in [-0.3, -0.25) is 0 Å². The molecule has 1 heterocycles. The van der Waals surface area contributed by atoms with E-state index in [1.165, 1.54) is 12.3 Å². The zero-order valence-corrected chi connectivity index (χ0v) is 12.9. The molecule has 0 unspecified atom stereocenters. The highest BCUT2D eigenvalue weighted by atomic mass is 32.2. The van der Waals surface area contributed by atoms with Crippen molar-refractivity contribution in [1.82, 2.24) is 5.32 Å². The van der Waals surface area contributed by atoms with Crippen molar-refractivity contribution in [2.75, 3.05) is 12.8 Å². The Bertz CT molecular complexity index is 691. The number of nitrogens with one attached hydrogen (secondary N) is 1. The largest absolute Gasteiger partial charge is 0.486 e. The van der Waals surface area contributed by atoms with E-state index in [2.05, 4.69) is 5.32 Å². The Morgan fingerprint density at radius 1 is 1.19 bits per heavy atom. The van der Waals surface area contributed by atoms with Crippen molar-refractivity contribution in [2.24, 2.45) is 0 Å². The van der Waals surface area contributed by atoms with Crippen LogP contribution in [0.4, 0.5) is 0 Å². The van der Waals surface area contributed by atoms with Gasteiger partial charge in [-0.05, 0) is 36.9 Å². The van der Waals surface area contributed by atoms with Crippen LogP contribution >= 0.6 is 0 Å². The highest BCUT2D eigenvalue weighted by molar-refractivity contribution is 7.90. The van der Waals surface area contributed by atoms with E-state index in [-0.39, 0.29) is 11.5 Å². The minimum absolute atomic E-state index is 0.243. The molecule has 21 heavy (non-hydrogen) atoms. The molecule has 0 amide bonds. The Morgan fingerprint density at radius 3 is 2.67 bits per heavy atom. The van der Waals surface area contributed by atoms with Gasteiger partial charge in [-0.25, -0.2) is 8.42 Å². The van der Waals surface area contributed by atoms with Gasteiger partial charge in [-0.15, -0.1) is 0 Å². The Hall–Kier alpha value is -1.79. The van der Waals surface area contributed by atoms with Crippen LogP contribution in [0.5, 0.6) is 5.75 Å². The molecular formula is C15H19NO4S. The van der Waals surface area contributed by atoms with Crippen molar-refractivity contribution in [3.63, 3.8) is 0 Å². The number of benzene rings is 1. The second-order valence-electron chi connectivity index (χ2n) is 4.68. The molecule has 0 aliphatic carbocycles. The van der Waals surface area contributed by atoms with Crippen molar-refractivity contribution in [1.29, 1.82) is 0 Å². The lowest BCUT2D eigenvalue weighted by molar-refractivity contribution is 0.264. The molecule has 1 aromatic heterocycles. The lowest BCUT2D eigenvalue weighted by Gasteiger charge is -2.06. The first-order valence-electron chi connectivity index (χ1n) is 6.70. The molecule has 0 fully saturated rings. The van der Waals surface area contributed by atoms with Crippen LogP contribution in [0.25, 0.3) is 0 Å². The molecule has 1 aromatic carbocycles. The van der Waals surface area contributed by atoms with Crippen LogP contribution < -0.4 is 10.1 Å². The molecule has 0 atom stereocenters. The van der Waals surface area contributed by atoms with Gasteiger partial charge in [0.05, 0.1) is 11.4 Å². The molecule has 0 aliphatic heterocycles. The maximum absolute atomic E-state index is 11.5. The van der Waals surface area contributed by atoms with Gasteiger partial charge in [-0.2, -0.15) is 0 Å². The van der Waals surface area contributed by atoms with Gasteiger partial charge in [-0.1, -0.05) is 13.0 Å². The monoisotopic (exact) mass is 309 g/mol. The molecule has 0 radical (unpaired) electrons. The Morgan fingerprint density at radius 2 is 1.95 bits per heavy atom. The highest BCUT2D eigenvalue weighted by Gasteiger charge is 2.08. The highest BCUT2D eigenvalue weighted by Crippen LogP contribution is 2.19. The topological polar surface area (TPSA) is 68.5 Å². The maximum atomic E-state index is 11.5. The lowest BCUT2D eigenvalue weighted by atomic mass is 10.3. The summed E-state index contributed by atoms with van der Waals surface area (Å²) in [6, 6.07) is 10.2. The molecule has 114 valence electrons. The maximum Gasteiger partial charge on any atom is 0.175 e. The van der Waals surface area contributed by atoms with E-state index < -0.39 is 9.84 Å². The van der Waals surface area contributed by atoms with Gasteiger partial charge in [0.25, 0.3) is 0 Å². The molecule has 6 heteroatoms. The second kappa shape index (κ2) is 6.78. The lowest BCUT2D eigenvalue weighted by Crippen LogP contribution is -2.10. The van der Waals surface area contributed by atoms with Crippen LogP contribution in [0.15, 0.2) is 45.7 Å². The third-order valence-electron chi connectivity index (χ3n) is 2.88. The van der Waals surface area contributed by atoms with Gasteiger partial charge < -0.3 is 14.5 Å². The molecule has 0 saturated carbocycles. The first kappa shape index (κ1) is 15.6. The standard InChI is InChI=1S/C15H19NO4S/c1-3-16-10-13-7-8-14(20-13)11-19-12-5-4-6-15(9-12)21(2,17)18/h4-9,16H,3,10-11H2,1-2H3. The third kappa shape index (κ3) is 4.61. The van der Waals surface area contributed by atoms with E-state index >= 15 is 0 Å². The summed E-state index contributed by atoms with van der Waals surface area (Å²) in [5, 5.41) is 3.17. The van der Waals surface area contributed by atoms with Gasteiger partial charge in [0.1, 0.15) is 23.9 Å². The number of sulfone groups is 1. The van der Waals surface area contributed by atoms with Crippen molar-refractivity contribution in [2.45, 2.75) is 25.0 Å². The quantitative estimate of drug-likeness (QED) is 0.850. The molecule has 0 saturated heterocycles. The van der Waals surface area contributed by atoms with Gasteiger partial charge in [0.15, 0.2) is 9.84 Å². The minimum Gasteiger partial charge on any atom is -0.486 e. The molecule has 0 bridgehead atoms. The second-order valence-corrected chi connectivity index (χ2v) is 6.70. The average molecular weight is 309 g/mol. The summed E-state index contributed by atoms with van der Waals surface area (Å²) in [5.74, 6) is 2.05. The number of furan rings is 1. The predicted molar refractivity (Wildman–Crippen MR) is 80.0 cm³/mol. The normalized spacial score (nSPS) is 11.5. The van der Waals surface area contributed by atoms with E-state index in [0.29, 0.717) is 18.1 Å². The Balaban J connectivity index is 1.98. The molecule has 5 nitrogen and oxygen atoms in total. The molecular weight excluding hydrogens is 290 g/mol. The summed E-state index contributed by atoms with van der Waals surface area (Å²) in [5.41, 5.74) is 0. The Labute approximate surface area is 124 Å². The predicted octanol–water partition coefficient (Wildman–Crippen LogP) is 2.37. The molecule has 0 aliphatic rings. The zero-order chi connectivity index (χ0) is 15.3. The summed E-state index contributed by atoms with van der Waals surface area (Å²) < 4.78 is 34.1. The van der Waals surface area contributed by atoms with E-state index in [0.717, 1.165) is 12.3 Å². The fourth-order valence-corrected chi connectivity index (χ4v) is 2.45. The van der Waals surface area contributed by atoms with Gasteiger partial charge in [0, 0.05) is 6.26 Å². The van der Waals surface area contributed by atoms with Crippen LogP contribution in [0, 0.1) is 0 Å². The SMILES string of the molecule is CCNCc1ccc(COc2cccc(S(C)(=O)=O)c2)o1. The number of hydrogen-bond donors (Lipinski definition) is 1. The van der Waals surface area contributed by atoms with Crippen molar-refractivity contribution in [3.05, 3.63) is 47.9 Å². The summed E-state index contributed by atoms with van der Waals surface area (Å²) in [7, 11) is -3.23. The van der Waals surface area contributed by atoms with Crippen LogP contribution in [0.2, 0.25) is 0 Å². The van der Waals surface area contributed by atoms with Crippen LogP contribution in [-0.2, 0) is 23.0 Å². The van der Waals surface area contributed by atoms with Crippen LogP contribution in [0.3, 0.4) is 0 Å². The van der Waals surface area contributed by atoms with Crippen molar-refractivity contribution in [3.8, 4) is 5.75 Å². The van der Waals surface area contributed by atoms with E-state index in [4.69, 9.17) is 9.15 Å². The molecule has 2 aromatic rings. The number of rotatable bonds is 7. The molecule has 1 N–H and O–H groups in total. The minimum atomic E-state index is -3.23. The average Bonchev–Trinajstić information content (AvgIpc) is 2.90. The molecule has 0 spiro atoms. The van der Waals surface area contributed by atoms with Gasteiger partial charge >= 0.3 is 0 Å². The fourth-order valence-electron chi connectivity index (χ4n) is 1.79. The van der Waals surface area contributed by atoms with Crippen molar-refractivity contribution < 1.29 is 17.6 Å². The summed E-state index contributed by atoms with van der Waals surface area (Å²) >= 11 is 0. The summed E-state index contributed by atoms with van der Waals surface area (Å²) in [6.45, 7) is 3.85. The summed E-state index contributed by atoms with van der Waals surface area (Å²) in [6.07, 6.45) is 1.17. The summed E-state index contributed by atoms with van der Waals surface area (Å²) in [4.78, 5) is 0.243. The van der Waals surface area contributed by atoms with Gasteiger partial charge in [0.2, 0.25) is 0 Å². The molecule has 2 rings (SSSR count). The first-order valence-corrected chi connectivity index (χ1v) is 8.59. The first-order chi connectivity index (χ1) is 9.99. The zero-order valence-electron chi connectivity index (χ0n) is 12.1. The third-order valence-corrected chi connectivity index (χ3v) is 3.99. The Kier molecular flexibility index (Phi) is 5.03. The number of hydrogen-bond acceptors (Lipinski definition) is 5. The van der Waals surface area contributed by atoms with E-state index in [9.17, 15) is 8.42 Å². The van der Waals surface area contributed by atoms with Crippen LogP contribution in [0.1, 0.15) is 18.4 Å². The number of ether oxygens (including phenoxy) is 1. The van der Waals surface area contributed by atoms with Crippen molar-refractivity contribution >= 4 is 9.84 Å². The fraction of sp³-hybridized carbons (Fsp3) is 0.333. The van der Waals surface area contributed by atoms with E-state index in [1.807, 2.05) is 19.1 Å². The smallest absolute Gasteiger partial charge is 0.175 e. The van der Waals surface area contributed by atoms with E-state index in [1.54, 1.807) is 18.2 Å². The van der Waals surface area contributed by atoms with Crippen LogP contribution in [-0.4, -0.2) is 21.2 Å².